The van der Waals surface area contributed by atoms with Gasteiger partial charge in [-0.25, -0.2) is 0 Å². The second kappa shape index (κ2) is 5.38. The fourth-order valence-electron chi connectivity index (χ4n) is 0.735. The number of allylic oxidation sites excluding steroid dienone is 2. The Morgan fingerprint density at radius 3 is 2.36 bits per heavy atom. The van der Waals surface area contributed by atoms with E-state index in [-0.39, 0.29) is 0 Å². The largest absolute Gasteiger partial charge is 0.273 e. The van der Waals surface area contributed by atoms with Crippen LogP contribution in [-0.2, 0) is 0 Å². The molecule has 0 fully saturated rings. The van der Waals surface area contributed by atoms with Gasteiger partial charge in [0, 0.05) is 5.70 Å². The highest BCUT2D eigenvalue weighted by atomic mass is 32.2. The monoisotopic (exact) mass is 172 g/mol. The molecule has 2 nitrogen and oxygen atoms in total. The number of hydrogen-bond donors (Lipinski definition) is 1. The van der Waals surface area contributed by atoms with Gasteiger partial charge in [0.15, 0.2) is 0 Å². The van der Waals surface area contributed by atoms with Crippen LogP contribution in [0.5, 0.6) is 0 Å². The van der Waals surface area contributed by atoms with Crippen molar-refractivity contribution in [3.05, 3.63) is 11.8 Å². The van der Waals surface area contributed by atoms with Crippen molar-refractivity contribution in [2.24, 2.45) is 16.0 Å². The van der Waals surface area contributed by atoms with Gasteiger partial charge in [-0.05, 0) is 31.7 Å². The van der Waals surface area contributed by atoms with Gasteiger partial charge in [-0.3, -0.25) is 10.1 Å². The van der Waals surface area contributed by atoms with E-state index in [0.717, 1.165) is 10.7 Å². The number of hydrogen-bond acceptors (Lipinski definition) is 3. The summed E-state index contributed by atoms with van der Waals surface area (Å²) < 4.78 is 0. The zero-order valence-corrected chi connectivity index (χ0v) is 8.40. The molecule has 0 atom stereocenters. The number of nitrogens with zero attached hydrogens (tertiary/aromatic N) is 1. The maximum atomic E-state index is 5.33. The Morgan fingerprint density at radius 2 is 2.09 bits per heavy atom. The number of nitrogens with two attached hydrogens (primary N) is 1. The summed E-state index contributed by atoms with van der Waals surface area (Å²) >= 11 is 1.20. The van der Waals surface area contributed by atoms with Crippen LogP contribution in [0.1, 0.15) is 27.7 Å². The van der Waals surface area contributed by atoms with Crippen LogP contribution in [0.2, 0.25) is 0 Å². The summed E-state index contributed by atoms with van der Waals surface area (Å²) in [5.74, 6) is 0.474. The van der Waals surface area contributed by atoms with Crippen molar-refractivity contribution in [1.29, 1.82) is 0 Å². The molecule has 0 radical (unpaired) electrons. The molecular formula is C8H16N2S. The summed E-state index contributed by atoms with van der Waals surface area (Å²) in [6.07, 6.45) is 2.02. The van der Waals surface area contributed by atoms with E-state index >= 15 is 0 Å². The number of rotatable bonds is 2. The van der Waals surface area contributed by atoms with E-state index in [1.165, 1.54) is 11.9 Å². The lowest BCUT2D eigenvalue weighted by atomic mass is 10.1. The van der Waals surface area contributed by atoms with Crippen LogP contribution >= 0.6 is 11.9 Å². The third kappa shape index (κ3) is 4.22. The predicted octanol–water partition coefficient (Wildman–Crippen LogP) is 2.57. The highest BCUT2D eigenvalue weighted by Gasteiger charge is 1.99. The van der Waals surface area contributed by atoms with Gasteiger partial charge in [0.05, 0.1) is 5.04 Å². The first kappa shape index (κ1) is 10.7. The molecule has 0 bridgehead atoms. The minimum Gasteiger partial charge on any atom is -0.273 e. The highest BCUT2D eigenvalue weighted by molar-refractivity contribution is 8.11. The van der Waals surface area contributed by atoms with E-state index in [0.29, 0.717) is 5.92 Å². The number of aliphatic imine (C=N–C) groups is 1. The molecule has 0 unspecified atom stereocenters. The fourth-order valence-corrected chi connectivity index (χ4v) is 0.893. The smallest absolute Gasteiger partial charge is 0.0852 e. The van der Waals surface area contributed by atoms with Gasteiger partial charge in [0.1, 0.15) is 0 Å². The Labute approximate surface area is 73.1 Å². The van der Waals surface area contributed by atoms with Gasteiger partial charge in [-0.1, -0.05) is 19.9 Å². The molecule has 0 aliphatic rings. The Kier molecular flexibility index (Phi) is 5.24. The van der Waals surface area contributed by atoms with E-state index in [1.54, 1.807) is 0 Å². The second-order valence-electron chi connectivity index (χ2n) is 2.62. The Balaban J connectivity index is 4.32. The summed E-state index contributed by atoms with van der Waals surface area (Å²) in [5.41, 5.74) is 1.10. The van der Waals surface area contributed by atoms with Gasteiger partial charge in [0.2, 0.25) is 0 Å². The quantitative estimate of drug-likeness (QED) is 0.395. The molecule has 0 saturated carbocycles. The van der Waals surface area contributed by atoms with Gasteiger partial charge in [-0.15, -0.1) is 0 Å². The predicted molar refractivity (Wildman–Crippen MR) is 53.5 cm³/mol. The topological polar surface area (TPSA) is 38.4 Å². The van der Waals surface area contributed by atoms with E-state index < -0.39 is 0 Å². The molecule has 0 rings (SSSR count). The highest BCUT2D eigenvalue weighted by Crippen LogP contribution is 2.12. The van der Waals surface area contributed by atoms with E-state index in [2.05, 4.69) is 18.8 Å². The first-order chi connectivity index (χ1) is 5.11. The van der Waals surface area contributed by atoms with Gasteiger partial charge in [-0.2, -0.15) is 0 Å². The second-order valence-corrected chi connectivity index (χ2v) is 3.44. The lowest BCUT2D eigenvalue weighted by Crippen LogP contribution is -1.96. The summed E-state index contributed by atoms with van der Waals surface area (Å²) in [5, 5.41) is 6.24. The minimum atomic E-state index is 0.474. The molecule has 0 spiro atoms. The molecule has 3 heteroatoms. The third-order valence-corrected chi connectivity index (χ3v) is 1.78. The molecule has 2 N–H and O–H groups in total. The molecule has 64 valence electrons. The summed E-state index contributed by atoms with van der Waals surface area (Å²) in [6, 6.07) is 0. The minimum absolute atomic E-state index is 0.474. The normalized spacial score (nSPS) is 14.4. The van der Waals surface area contributed by atoms with Crippen LogP contribution in [0.15, 0.2) is 16.8 Å². The first-order valence-corrected chi connectivity index (χ1v) is 4.58. The standard InChI is InChI=1S/C8H16N2S/c1-5-8(6(2)3)10-7(4)11-9/h5-6H,9H2,1-4H3/b8-5-,10-7-. The summed E-state index contributed by atoms with van der Waals surface area (Å²) in [7, 11) is 0. The average molecular weight is 172 g/mol. The zero-order chi connectivity index (χ0) is 8.85. The van der Waals surface area contributed by atoms with Gasteiger partial charge < -0.3 is 0 Å². The zero-order valence-electron chi connectivity index (χ0n) is 7.59. The summed E-state index contributed by atoms with van der Waals surface area (Å²) in [4.78, 5) is 4.33. The molecule has 0 aromatic carbocycles. The van der Waals surface area contributed by atoms with Gasteiger partial charge >= 0.3 is 0 Å². The van der Waals surface area contributed by atoms with Crippen molar-refractivity contribution in [3.63, 3.8) is 0 Å². The molecular weight excluding hydrogens is 156 g/mol. The molecule has 0 aromatic heterocycles. The summed E-state index contributed by atoms with van der Waals surface area (Å²) in [6.45, 7) is 8.14. The Hall–Kier alpha value is -0.280. The van der Waals surface area contributed by atoms with Crippen LogP contribution in [0.25, 0.3) is 0 Å². The van der Waals surface area contributed by atoms with Crippen LogP contribution in [0, 0.1) is 5.92 Å². The van der Waals surface area contributed by atoms with Gasteiger partial charge in [0.25, 0.3) is 0 Å². The Morgan fingerprint density at radius 1 is 1.55 bits per heavy atom. The molecule has 0 aliphatic heterocycles. The third-order valence-electron chi connectivity index (χ3n) is 1.34. The van der Waals surface area contributed by atoms with Crippen LogP contribution in [0.3, 0.4) is 0 Å². The fraction of sp³-hybridized carbons (Fsp3) is 0.625. The maximum absolute atomic E-state index is 5.33. The SMILES string of the molecule is C/C=C(\N=C(\C)SN)C(C)C. The van der Waals surface area contributed by atoms with Crippen LogP contribution in [0.4, 0.5) is 0 Å². The van der Waals surface area contributed by atoms with Crippen molar-refractivity contribution in [1.82, 2.24) is 0 Å². The molecule has 0 aliphatic carbocycles. The van der Waals surface area contributed by atoms with Crippen molar-refractivity contribution < 1.29 is 0 Å². The first-order valence-electron chi connectivity index (χ1n) is 3.70. The van der Waals surface area contributed by atoms with E-state index in [1.807, 2.05) is 19.9 Å². The molecule has 0 aromatic rings. The lowest BCUT2D eigenvalue weighted by molar-refractivity contribution is 0.756. The molecule has 0 amide bonds. The van der Waals surface area contributed by atoms with E-state index in [4.69, 9.17) is 5.14 Å². The van der Waals surface area contributed by atoms with Crippen LogP contribution in [-0.4, -0.2) is 5.04 Å². The lowest BCUT2D eigenvalue weighted by Gasteiger charge is -2.05. The van der Waals surface area contributed by atoms with Crippen molar-refractivity contribution in [2.75, 3.05) is 0 Å². The molecule has 0 heterocycles. The maximum Gasteiger partial charge on any atom is 0.0852 e. The van der Waals surface area contributed by atoms with Crippen LogP contribution < -0.4 is 5.14 Å². The molecule has 11 heavy (non-hydrogen) atoms. The van der Waals surface area contributed by atoms with Crippen molar-refractivity contribution >= 4 is 17.0 Å². The van der Waals surface area contributed by atoms with Crippen molar-refractivity contribution in [2.45, 2.75) is 27.7 Å². The Bertz CT molecular complexity index is 171. The van der Waals surface area contributed by atoms with E-state index in [9.17, 15) is 0 Å². The average Bonchev–Trinajstić information content (AvgIpc) is 1.99. The molecule has 0 saturated heterocycles. The van der Waals surface area contributed by atoms with Crippen molar-refractivity contribution in [3.8, 4) is 0 Å².